The van der Waals surface area contributed by atoms with Gasteiger partial charge in [-0.15, -0.1) is 11.8 Å². The molecule has 3 nitrogen and oxygen atoms in total. The Morgan fingerprint density at radius 1 is 1.29 bits per heavy atom. The van der Waals surface area contributed by atoms with Crippen LogP contribution in [0.2, 0.25) is 5.15 Å². The van der Waals surface area contributed by atoms with Gasteiger partial charge in [-0.1, -0.05) is 37.6 Å². The lowest BCUT2D eigenvalue weighted by Gasteiger charge is -2.10. The Morgan fingerprint density at radius 3 is 2.76 bits per heavy atom. The quantitative estimate of drug-likeness (QED) is 0.643. The van der Waals surface area contributed by atoms with Crippen molar-refractivity contribution in [2.45, 2.75) is 25.2 Å². The Bertz CT molecular complexity index is 646. The standard InChI is InChI=1S/C16H17ClN2OS/c1-3-12-9-11(10-15(17)18-12)16(20)19-13-7-5-6-8-14(13)21-4-2/h5-10H,3-4H2,1-2H3,(H,19,20). The summed E-state index contributed by atoms with van der Waals surface area (Å²) < 4.78 is 0. The van der Waals surface area contributed by atoms with Crippen LogP contribution in [-0.2, 0) is 6.42 Å². The molecule has 0 radical (unpaired) electrons. The first-order chi connectivity index (χ1) is 10.1. The van der Waals surface area contributed by atoms with E-state index < -0.39 is 0 Å². The number of halogens is 1. The van der Waals surface area contributed by atoms with E-state index in [0.29, 0.717) is 10.7 Å². The number of carbonyl (C=O) groups excluding carboxylic acids is 1. The van der Waals surface area contributed by atoms with Crippen molar-refractivity contribution < 1.29 is 4.79 Å². The fraction of sp³-hybridized carbons (Fsp3) is 0.250. The molecule has 0 atom stereocenters. The molecule has 5 heteroatoms. The fourth-order valence-corrected chi connectivity index (χ4v) is 2.90. The van der Waals surface area contributed by atoms with E-state index in [9.17, 15) is 4.79 Å². The number of aromatic nitrogens is 1. The molecule has 21 heavy (non-hydrogen) atoms. The van der Waals surface area contributed by atoms with Crippen LogP contribution in [0.1, 0.15) is 29.9 Å². The number of para-hydroxylation sites is 1. The molecule has 0 saturated carbocycles. The number of pyridine rings is 1. The van der Waals surface area contributed by atoms with Crippen LogP contribution in [-0.4, -0.2) is 16.6 Å². The third-order valence-corrected chi connectivity index (χ3v) is 4.06. The average Bonchev–Trinajstić information content (AvgIpc) is 2.48. The molecule has 1 aromatic carbocycles. The Balaban J connectivity index is 2.24. The predicted octanol–water partition coefficient (Wildman–Crippen LogP) is 4.66. The van der Waals surface area contributed by atoms with Crippen molar-refractivity contribution in [2.24, 2.45) is 0 Å². The summed E-state index contributed by atoms with van der Waals surface area (Å²) in [6.07, 6.45) is 0.739. The van der Waals surface area contributed by atoms with E-state index in [1.54, 1.807) is 23.9 Å². The minimum absolute atomic E-state index is 0.168. The fourth-order valence-electron chi connectivity index (χ4n) is 1.91. The van der Waals surface area contributed by atoms with Crippen molar-refractivity contribution in [1.82, 2.24) is 4.98 Å². The first-order valence-corrected chi connectivity index (χ1v) is 8.20. The lowest BCUT2D eigenvalue weighted by molar-refractivity contribution is 0.102. The smallest absolute Gasteiger partial charge is 0.255 e. The molecule has 0 fully saturated rings. The van der Waals surface area contributed by atoms with Gasteiger partial charge in [-0.05, 0) is 36.4 Å². The van der Waals surface area contributed by atoms with Crippen LogP contribution in [0.3, 0.4) is 0 Å². The second kappa shape index (κ2) is 7.48. The molecule has 0 bridgehead atoms. The number of carbonyl (C=O) groups is 1. The van der Waals surface area contributed by atoms with Gasteiger partial charge < -0.3 is 5.32 Å². The van der Waals surface area contributed by atoms with Gasteiger partial charge in [0, 0.05) is 16.2 Å². The van der Waals surface area contributed by atoms with Crippen LogP contribution in [0.15, 0.2) is 41.3 Å². The van der Waals surface area contributed by atoms with E-state index in [0.717, 1.165) is 28.5 Å². The molecule has 1 amide bonds. The number of thioether (sulfide) groups is 1. The van der Waals surface area contributed by atoms with E-state index in [2.05, 4.69) is 17.2 Å². The zero-order valence-electron chi connectivity index (χ0n) is 12.0. The monoisotopic (exact) mass is 320 g/mol. The maximum atomic E-state index is 12.4. The average molecular weight is 321 g/mol. The first-order valence-electron chi connectivity index (χ1n) is 6.83. The minimum Gasteiger partial charge on any atom is -0.321 e. The summed E-state index contributed by atoms with van der Waals surface area (Å²) in [4.78, 5) is 17.6. The highest BCUT2D eigenvalue weighted by atomic mass is 35.5. The zero-order valence-corrected chi connectivity index (χ0v) is 13.6. The van der Waals surface area contributed by atoms with Gasteiger partial charge >= 0.3 is 0 Å². The topological polar surface area (TPSA) is 42.0 Å². The molecule has 0 aliphatic heterocycles. The van der Waals surface area contributed by atoms with E-state index in [1.807, 2.05) is 31.2 Å². The predicted molar refractivity (Wildman–Crippen MR) is 89.4 cm³/mol. The molecular weight excluding hydrogens is 304 g/mol. The highest BCUT2D eigenvalue weighted by Gasteiger charge is 2.11. The van der Waals surface area contributed by atoms with Gasteiger partial charge in [-0.2, -0.15) is 0 Å². The zero-order chi connectivity index (χ0) is 15.2. The molecule has 0 aliphatic carbocycles. The summed E-state index contributed by atoms with van der Waals surface area (Å²) in [5, 5.41) is 3.29. The largest absolute Gasteiger partial charge is 0.321 e. The second-order valence-corrected chi connectivity index (χ2v) is 6.10. The summed E-state index contributed by atoms with van der Waals surface area (Å²) in [6.45, 7) is 4.06. The van der Waals surface area contributed by atoms with Crippen LogP contribution in [0, 0.1) is 0 Å². The number of nitrogens with zero attached hydrogens (tertiary/aromatic N) is 1. The highest BCUT2D eigenvalue weighted by Crippen LogP contribution is 2.27. The van der Waals surface area contributed by atoms with E-state index in [1.165, 1.54) is 0 Å². The summed E-state index contributed by atoms with van der Waals surface area (Å²) in [5.41, 5.74) is 2.16. The van der Waals surface area contributed by atoms with Crippen LogP contribution < -0.4 is 5.32 Å². The van der Waals surface area contributed by atoms with Crippen molar-refractivity contribution in [2.75, 3.05) is 11.1 Å². The molecule has 0 spiro atoms. The van der Waals surface area contributed by atoms with Crippen molar-refractivity contribution in [3.63, 3.8) is 0 Å². The molecule has 0 aliphatic rings. The lowest BCUT2D eigenvalue weighted by atomic mass is 10.2. The molecule has 1 N–H and O–H groups in total. The van der Waals surface area contributed by atoms with Gasteiger partial charge in [0.25, 0.3) is 5.91 Å². The summed E-state index contributed by atoms with van der Waals surface area (Å²) in [6, 6.07) is 11.1. The summed E-state index contributed by atoms with van der Waals surface area (Å²) in [7, 11) is 0. The van der Waals surface area contributed by atoms with Gasteiger partial charge in [0.2, 0.25) is 0 Å². The second-order valence-electron chi connectivity index (χ2n) is 4.41. The van der Waals surface area contributed by atoms with Crippen molar-refractivity contribution >= 4 is 35.0 Å². The normalized spacial score (nSPS) is 10.4. The number of aryl methyl sites for hydroxylation is 1. The molecule has 1 aromatic heterocycles. The number of benzene rings is 1. The van der Waals surface area contributed by atoms with Gasteiger partial charge in [-0.25, -0.2) is 4.98 Å². The van der Waals surface area contributed by atoms with Gasteiger partial charge in [0.05, 0.1) is 5.69 Å². The maximum Gasteiger partial charge on any atom is 0.255 e. The van der Waals surface area contributed by atoms with Crippen LogP contribution >= 0.6 is 23.4 Å². The van der Waals surface area contributed by atoms with Crippen molar-refractivity contribution in [3.05, 3.63) is 52.8 Å². The third kappa shape index (κ3) is 4.22. The Kier molecular flexibility index (Phi) is 5.65. The SMILES string of the molecule is CCSc1ccccc1NC(=O)c1cc(Cl)nc(CC)c1. The van der Waals surface area contributed by atoms with Crippen LogP contribution in [0.25, 0.3) is 0 Å². The molecule has 2 rings (SSSR count). The molecule has 1 heterocycles. The minimum atomic E-state index is -0.168. The summed E-state index contributed by atoms with van der Waals surface area (Å²) in [5.74, 6) is 0.784. The molecule has 0 saturated heterocycles. The number of rotatable bonds is 5. The lowest BCUT2D eigenvalue weighted by Crippen LogP contribution is -2.13. The molecular formula is C16H17ClN2OS. The number of nitrogens with one attached hydrogen (secondary N) is 1. The van der Waals surface area contributed by atoms with Gasteiger partial charge in [0.1, 0.15) is 5.15 Å². The first kappa shape index (κ1) is 15.9. The Labute approximate surface area is 134 Å². The van der Waals surface area contributed by atoms with Crippen LogP contribution in [0.5, 0.6) is 0 Å². The van der Waals surface area contributed by atoms with E-state index in [4.69, 9.17) is 11.6 Å². The summed E-state index contributed by atoms with van der Waals surface area (Å²) >= 11 is 7.66. The number of amides is 1. The molecule has 0 unspecified atom stereocenters. The maximum absolute atomic E-state index is 12.4. The molecule has 110 valence electrons. The van der Waals surface area contributed by atoms with Crippen molar-refractivity contribution in [1.29, 1.82) is 0 Å². The number of anilines is 1. The number of hydrogen-bond acceptors (Lipinski definition) is 3. The van der Waals surface area contributed by atoms with Gasteiger partial charge in [0.15, 0.2) is 0 Å². The Morgan fingerprint density at radius 2 is 2.05 bits per heavy atom. The van der Waals surface area contributed by atoms with Crippen LogP contribution in [0.4, 0.5) is 5.69 Å². The van der Waals surface area contributed by atoms with E-state index in [-0.39, 0.29) is 5.91 Å². The Hall–Kier alpha value is -1.52. The third-order valence-electron chi connectivity index (χ3n) is 2.91. The van der Waals surface area contributed by atoms with E-state index >= 15 is 0 Å². The molecule has 2 aromatic rings. The number of hydrogen-bond donors (Lipinski definition) is 1. The van der Waals surface area contributed by atoms with Gasteiger partial charge in [-0.3, -0.25) is 4.79 Å². The van der Waals surface area contributed by atoms with Crippen molar-refractivity contribution in [3.8, 4) is 0 Å². The highest BCUT2D eigenvalue weighted by molar-refractivity contribution is 7.99.